The Kier molecular flexibility index (Phi) is 3.20. The summed E-state index contributed by atoms with van der Waals surface area (Å²) in [6, 6.07) is 0. The van der Waals surface area contributed by atoms with Crippen LogP contribution in [0.15, 0.2) is 0 Å². The topological polar surface area (TPSA) is 57.6 Å². The van der Waals surface area contributed by atoms with E-state index in [1.165, 1.54) is 0 Å². The van der Waals surface area contributed by atoms with Gasteiger partial charge in [-0.15, -0.1) is 0 Å². The van der Waals surface area contributed by atoms with Gasteiger partial charge in [0.2, 0.25) is 0 Å². The predicted molar refractivity (Wildman–Crippen MR) is 60.6 cm³/mol. The van der Waals surface area contributed by atoms with E-state index in [1.807, 2.05) is 18.7 Å². The van der Waals surface area contributed by atoms with E-state index in [9.17, 15) is 13.5 Å². The molecule has 1 saturated heterocycles. The lowest BCUT2D eigenvalue weighted by Crippen LogP contribution is -2.61. The fraction of sp³-hybridized carbons (Fsp3) is 1.00. The Morgan fingerprint density at radius 1 is 1.07 bits per heavy atom. The highest BCUT2D eigenvalue weighted by Gasteiger charge is 2.42. The Bertz CT molecular complexity index is 313. The van der Waals surface area contributed by atoms with Gasteiger partial charge in [-0.1, -0.05) is 0 Å². The van der Waals surface area contributed by atoms with Crippen molar-refractivity contribution in [1.82, 2.24) is 4.90 Å². The highest BCUT2D eigenvalue weighted by molar-refractivity contribution is 7.91. The van der Waals surface area contributed by atoms with Gasteiger partial charge < -0.3 is 5.11 Å². The average molecular weight is 235 g/mol. The maximum Gasteiger partial charge on any atom is 0.152 e. The smallest absolute Gasteiger partial charge is 0.152 e. The monoisotopic (exact) mass is 235 g/mol. The van der Waals surface area contributed by atoms with Gasteiger partial charge in [-0.05, 0) is 27.7 Å². The molecule has 0 aliphatic carbocycles. The van der Waals surface area contributed by atoms with Gasteiger partial charge in [-0.2, -0.15) is 0 Å². The van der Waals surface area contributed by atoms with E-state index in [-0.39, 0.29) is 11.5 Å². The summed E-state index contributed by atoms with van der Waals surface area (Å²) in [6.45, 7) is 8.45. The molecule has 0 aromatic rings. The second kappa shape index (κ2) is 3.71. The van der Waals surface area contributed by atoms with E-state index in [1.54, 1.807) is 13.8 Å². The summed E-state index contributed by atoms with van der Waals surface area (Å²) in [4.78, 5) is 2.05. The molecule has 1 aliphatic rings. The van der Waals surface area contributed by atoms with Crippen LogP contribution in [0.5, 0.6) is 0 Å². The van der Waals surface area contributed by atoms with Crippen LogP contribution >= 0.6 is 0 Å². The number of hydrogen-bond donors (Lipinski definition) is 1. The minimum Gasteiger partial charge on any atom is -0.389 e. The molecule has 1 heterocycles. The van der Waals surface area contributed by atoms with Gasteiger partial charge in [0.15, 0.2) is 9.84 Å². The summed E-state index contributed by atoms with van der Waals surface area (Å²) < 4.78 is 22.6. The molecule has 1 fully saturated rings. The number of aliphatic hydroxyl groups is 1. The minimum absolute atomic E-state index is 0.201. The highest BCUT2D eigenvalue weighted by atomic mass is 32.2. The van der Waals surface area contributed by atoms with Crippen LogP contribution in [0.3, 0.4) is 0 Å². The molecular formula is C10H21NO3S. The van der Waals surface area contributed by atoms with Crippen LogP contribution < -0.4 is 0 Å². The van der Waals surface area contributed by atoms with Gasteiger partial charge in [-0.25, -0.2) is 8.42 Å². The first-order valence-corrected chi connectivity index (χ1v) is 7.06. The van der Waals surface area contributed by atoms with Gasteiger partial charge in [0.1, 0.15) is 0 Å². The molecule has 1 N–H and O–H groups in total. The van der Waals surface area contributed by atoms with E-state index < -0.39 is 21.0 Å². The molecular weight excluding hydrogens is 214 g/mol. The molecule has 90 valence electrons. The molecule has 4 nitrogen and oxygen atoms in total. The van der Waals surface area contributed by atoms with Crippen molar-refractivity contribution in [3.05, 3.63) is 0 Å². The molecule has 1 rings (SSSR count). The second-order valence-corrected chi connectivity index (χ2v) is 7.56. The lowest BCUT2D eigenvalue weighted by atomic mass is 9.84. The third-order valence-electron chi connectivity index (χ3n) is 3.63. The number of rotatable bonds is 2. The first kappa shape index (κ1) is 12.9. The first-order valence-electron chi connectivity index (χ1n) is 5.24. The molecule has 5 heteroatoms. The Morgan fingerprint density at radius 2 is 1.47 bits per heavy atom. The predicted octanol–water partition coefficient (Wildman–Crippen LogP) is 0.266. The molecule has 0 unspecified atom stereocenters. The van der Waals surface area contributed by atoms with Crippen LogP contribution in [0.25, 0.3) is 0 Å². The fourth-order valence-electron chi connectivity index (χ4n) is 1.66. The molecule has 0 saturated carbocycles. The number of nitrogens with zero attached hydrogens (tertiary/aromatic N) is 1. The maximum absolute atomic E-state index is 11.3. The molecule has 15 heavy (non-hydrogen) atoms. The molecule has 0 aromatic heterocycles. The van der Waals surface area contributed by atoms with Gasteiger partial charge in [0.25, 0.3) is 0 Å². The largest absolute Gasteiger partial charge is 0.389 e. The highest BCUT2D eigenvalue weighted by Crippen LogP contribution is 2.29. The molecule has 0 spiro atoms. The van der Waals surface area contributed by atoms with Crippen molar-refractivity contribution in [2.45, 2.75) is 38.8 Å². The Morgan fingerprint density at radius 3 is 1.80 bits per heavy atom. The van der Waals surface area contributed by atoms with Crippen LogP contribution in [-0.4, -0.2) is 54.2 Å². The van der Waals surface area contributed by atoms with Crippen molar-refractivity contribution in [2.24, 2.45) is 0 Å². The summed E-state index contributed by atoms with van der Waals surface area (Å²) in [6.07, 6.45) is 0. The Hall–Kier alpha value is -0.130. The van der Waals surface area contributed by atoms with Crippen LogP contribution in [0, 0.1) is 0 Å². The third-order valence-corrected chi connectivity index (χ3v) is 5.24. The van der Waals surface area contributed by atoms with E-state index in [0.717, 1.165) is 0 Å². The zero-order valence-electron chi connectivity index (χ0n) is 9.95. The summed E-state index contributed by atoms with van der Waals surface area (Å²) in [5, 5.41) is 10.0. The van der Waals surface area contributed by atoms with Crippen molar-refractivity contribution in [3.63, 3.8) is 0 Å². The maximum atomic E-state index is 11.3. The summed E-state index contributed by atoms with van der Waals surface area (Å²) in [5.74, 6) is 0.402. The van der Waals surface area contributed by atoms with Crippen LogP contribution in [0.1, 0.15) is 27.7 Å². The number of sulfone groups is 1. The van der Waals surface area contributed by atoms with Crippen LogP contribution in [-0.2, 0) is 9.84 Å². The molecule has 0 amide bonds. The van der Waals surface area contributed by atoms with Crippen molar-refractivity contribution in [2.75, 3.05) is 24.6 Å². The summed E-state index contributed by atoms with van der Waals surface area (Å²) in [5.41, 5.74) is -1.24. The molecule has 0 radical (unpaired) electrons. The van der Waals surface area contributed by atoms with E-state index >= 15 is 0 Å². The third kappa shape index (κ3) is 2.71. The van der Waals surface area contributed by atoms with Crippen LogP contribution in [0.2, 0.25) is 0 Å². The van der Waals surface area contributed by atoms with Gasteiger partial charge in [-0.3, -0.25) is 4.90 Å². The first-order chi connectivity index (χ1) is 6.56. The summed E-state index contributed by atoms with van der Waals surface area (Å²) >= 11 is 0. The van der Waals surface area contributed by atoms with Crippen molar-refractivity contribution < 1.29 is 13.5 Å². The Labute approximate surface area is 92.2 Å². The van der Waals surface area contributed by atoms with Crippen molar-refractivity contribution in [3.8, 4) is 0 Å². The van der Waals surface area contributed by atoms with E-state index in [2.05, 4.69) is 0 Å². The zero-order valence-corrected chi connectivity index (χ0v) is 10.8. The minimum atomic E-state index is -2.84. The molecule has 0 atom stereocenters. The quantitative estimate of drug-likeness (QED) is 0.746. The molecule has 1 aliphatic heterocycles. The van der Waals surface area contributed by atoms with E-state index in [4.69, 9.17) is 0 Å². The van der Waals surface area contributed by atoms with E-state index in [0.29, 0.717) is 13.1 Å². The SMILES string of the molecule is CC(C)(O)C(C)(C)N1CCS(=O)(=O)CC1. The van der Waals surface area contributed by atoms with Crippen molar-refractivity contribution >= 4 is 9.84 Å². The second-order valence-electron chi connectivity index (χ2n) is 5.26. The normalized spacial score (nSPS) is 24.1. The fourth-order valence-corrected chi connectivity index (χ4v) is 2.86. The molecule has 0 bridgehead atoms. The number of hydrogen-bond acceptors (Lipinski definition) is 4. The van der Waals surface area contributed by atoms with Gasteiger partial charge >= 0.3 is 0 Å². The molecule has 0 aromatic carbocycles. The lowest BCUT2D eigenvalue weighted by Gasteiger charge is -2.47. The lowest BCUT2D eigenvalue weighted by molar-refractivity contribution is -0.0695. The van der Waals surface area contributed by atoms with Crippen LogP contribution in [0.4, 0.5) is 0 Å². The van der Waals surface area contributed by atoms with Crippen molar-refractivity contribution in [1.29, 1.82) is 0 Å². The average Bonchev–Trinajstić information content (AvgIpc) is 2.01. The Balaban J connectivity index is 2.76. The zero-order chi connectivity index (χ0) is 11.9. The standard InChI is InChI=1S/C10H21NO3S/c1-9(2,10(3,4)12)11-5-7-15(13,14)8-6-11/h12H,5-8H2,1-4H3. The summed E-state index contributed by atoms with van der Waals surface area (Å²) in [7, 11) is -2.84. The van der Waals surface area contributed by atoms with Gasteiger partial charge in [0, 0.05) is 18.6 Å². The van der Waals surface area contributed by atoms with Gasteiger partial charge in [0.05, 0.1) is 17.1 Å².